The van der Waals surface area contributed by atoms with Crippen LogP contribution in [0.1, 0.15) is 13.8 Å². The van der Waals surface area contributed by atoms with E-state index in [1.54, 1.807) is 12.2 Å². The SMILES string of the molecule is C=C/C=C(\C=C/SF)C(C)C. The van der Waals surface area contributed by atoms with Gasteiger partial charge in [-0.05, 0) is 17.6 Å². The van der Waals surface area contributed by atoms with E-state index < -0.39 is 0 Å². The van der Waals surface area contributed by atoms with Crippen LogP contribution in [-0.2, 0) is 0 Å². The summed E-state index contributed by atoms with van der Waals surface area (Å²) in [6, 6.07) is 0. The van der Waals surface area contributed by atoms with Gasteiger partial charge in [-0.1, -0.05) is 32.6 Å². The molecule has 0 unspecified atom stereocenters. The number of hydrogen-bond donors (Lipinski definition) is 0. The molecule has 0 N–H and O–H groups in total. The van der Waals surface area contributed by atoms with E-state index in [0.717, 1.165) is 5.57 Å². The van der Waals surface area contributed by atoms with Gasteiger partial charge < -0.3 is 0 Å². The van der Waals surface area contributed by atoms with Crippen LogP contribution in [0.15, 0.2) is 35.8 Å². The molecule has 0 bridgehead atoms. The molecular weight excluding hydrogens is 159 g/mol. The largest absolute Gasteiger partial charge is 0.160 e. The summed E-state index contributed by atoms with van der Waals surface area (Å²) in [5, 5.41) is 1.43. The molecule has 62 valence electrons. The van der Waals surface area contributed by atoms with Crippen molar-refractivity contribution >= 4 is 12.1 Å². The lowest BCUT2D eigenvalue weighted by Gasteiger charge is -2.03. The van der Waals surface area contributed by atoms with Gasteiger partial charge in [-0.15, -0.1) is 0 Å². The number of allylic oxidation sites excluding steroid dienone is 4. The van der Waals surface area contributed by atoms with Gasteiger partial charge in [-0.25, -0.2) is 0 Å². The van der Waals surface area contributed by atoms with Crippen molar-refractivity contribution in [3.8, 4) is 0 Å². The number of rotatable bonds is 4. The van der Waals surface area contributed by atoms with Gasteiger partial charge in [0.1, 0.15) is 0 Å². The summed E-state index contributed by atoms with van der Waals surface area (Å²) in [5.41, 5.74) is 1.09. The quantitative estimate of drug-likeness (QED) is 0.580. The molecule has 0 rings (SSSR count). The molecule has 0 atom stereocenters. The molecule has 0 saturated heterocycles. The van der Waals surface area contributed by atoms with Crippen molar-refractivity contribution in [3.05, 3.63) is 35.8 Å². The zero-order chi connectivity index (χ0) is 8.69. The highest BCUT2D eigenvalue weighted by atomic mass is 32.2. The van der Waals surface area contributed by atoms with Gasteiger partial charge in [0.2, 0.25) is 0 Å². The van der Waals surface area contributed by atoms with E-state index in [1.807, 2.05) is 6.08 Å². The van der Waals surface area contributed by atoms with E-state index in [2.05, 4.69) is 20.4 Å². The first-order valence-electron chi connectivity index (χ1n) is 3.49. The molecule has 0 saturated carbocycles. The highest BCUT2D eigenvalue weighted by molar-refractivity contribution is 7.97. The highest BCUT2D eigenvalue weighted by Crippen LogP contribution is 2.13. The Balaban J connectivity index is 4.22. The number of hydrogen-bond acceptors (Lipinski definition) is 1. The Morgan fingerprint density at radius 2 is 2.18 bits per heavy atom. The second-order valence-electron chi connectivity index (χ2n) is 2.45. The lowest BCUT2D eigenvalue weighted by atomic mass is 10.0. The predicted molar refractivity (Wildman–Crippen MR) is 51.0 cm³/mol. The summed E-state index contributed by atoms with van der Waals surface area (Å²) in [5.74, 6) is 0.413. The van der Waals surface area contributed by atoms with Gasteiger partial charge >= 0.3 is 0 Å². The molecule has 0 amide bonds. The van der Waals surface area contributed by atoms with Crippen molar-refractivity contribution in [2.24, 2.45) is 5.92 Å². The first-order valence-corrected chi connectivity index (χ1v) is 4.27. The second kappa shape index (κ2) is 6.23. The molecule has 2 heteroatoms. The zero-order valence-corrected chi connectivity index (χ0v) is 7.70. The summed E-state index contributed by atoms with van der Waals surface area (Å²) < 4.78 is 11.6. The molecule has 11 heavy (non-hydrogen) atoms. The van der Waals surface area contributed by atoms with Crippen LogP contribution in [0.5, 0.6) is 0 Å². The maximum absolute atomic E-state index is 11.6. The summed E-state index contributed by atoms with van der Waals surface area (Å²) in [6.07, 6.45) is 5.36. The molecule has 0 aliphatic heterocycles. The van der Waals surface area contributed by atoms with Crippen LogP contribution in [0.3, 0.4) is 0 Å². The molecule has 0 aliphatic carbocycles. The molecule has 0 fully saturated rings. The molecule has 0 aromatic heterocycles. The normalized spacial score (nSPS) is 12.9. The van der Waals surface area contributed by atoms with Crippen LogP contribution < -0.4 is 0 Å². The molecule has 0 aromatic carbocycles. The van der Waals surface area contributed by atoms with Crippen LogP contribution in [0.2, 0.25) is 0 Å². The Morgan fingerprint density at radius 3 is 2.55 bits per heavy atom. The van der Waals surface area contributed by atoms with Crippen molar-refractivity contribution in [3.63, 3.8) is 0 Å². The van der Waals surface area contributed by atoms with E-state index in [9.17, 15) is 3.89 Å². The van der Waals surface area contributed by atoms with Gasteiger partial charge in [0.15, 0.2) is 0 Å². The topological polar surface area (TPSA) is 0 Å². The second-order valence-corrected chi connectivity index (χ2v) is 2.90. The fourth-order valence-electron chi connectivity index (χ4n) is 0.681. The third kappa shape index (κ3) is 4.85. The minimum Gasteiger partial charge on any atom is -0.160 e. The zero-order valence-electron chi connectivity index (χ0n) is 6.88. The van der Waals surface area contributed by atoms with Crippen molar-refractivity contribution < 1.29 is 3.89 Å². The van der Waals surface area contributed by atoms with Crippen molar-refractivity contribution in [2.45, 2.75) is 13.8 Å². The average molecular weight is 172 g/mol. The highest BCUT2D eigenvalue weighted by Gasteiger charge is 1.96. The minimum atomic E-state index is 0.218. The Hall–Kier alpha value is -0.500. The van der Waals surface area contributed by atoms with E-state index in [0.29, 0.717) is 5.92 Å². The van der Waals surface area contributed by atoms with Gasteiger partial charge in [0, 0.05) is 5.41 Å². The molecule has 0 radical (unpaired) electrons. The van der Waals surface area contributed by atoms with Crippen LogP contribution in [-0.4, -0.2) is 0 Å². The number of halogens is 1. The lowest BCUT2D eigenvalue weighted by Crippen LogP contribution is -1.88. The van der Waals surface area contributed by atoms with Gasteiger partial charge in [-0.2, -0.15) is 3.89 Å². The van der Waals surface area contributed by atoms with E-state index in [4.69, 9.17) is 0 Å². The first kappa shape index (κ1) is 10.5. The van der Waals surface area contributed by atoms with Crippen molar-refractivity contribution in [1.29, 1.82) is 0 Å². The molecule has 0 nitrogen and oxygen atoms in total. The average Bonchev–Trinajstić information content (AvgIpc) is 1.97. The van der Waals surface area contributed by atoms with Crippen LogP contribution in [0.4, 0.5) is 3.89 Å². The van der Waals surface area contributed by atoms with Gasteiger partial charge in [0.05, 0.1) is 12.1 Å². The van der Waals surface area contributed by atoms with Crippen molar-refractivity contribution in [2.75, 3.05) is 0 Å². The predicted octanol–water partition coefficient (Wildman–Crippen LogP) is 3.89. The summed E-state index contributed by atoms with van der Waals surface area (Å²) in [4.78, 5) is 0. The molecule has 0 aromatic rings. The van der Waals surface area contributed by atoms with Crippen LogP contribution in [0, 0.1) is 5.92 Å². The molecular formula is C9H13FS. The Bertz CT molecular complexity index is 168. The van der Waals surface area contributed by atoms with Gasteiger partial charge in [0.25, 0.3) is 0 Å². The minimum absolute atomic E-state index is 0.218. The maximum atomic E-state index is 11.6. The molecule has 0 aliphatic rings. The van der Waals surface area contributed by atoms with Crippen LogP contribution in [0.25, 0.3) is 0 Å². The molecule has 0 heterocycles. The fourth-order valence-corrected chi connectivity index (χ4v) is 0.889. The monoisotopic (exact) mass is 172 g/mol. The Morgan fingerprint density at radius 1 is 1.55 bits per heavy atom. The molecule has 0 spiro atoms. The standard InChI is InChI=1S/C9H13FS/c1-4-5-9(8(2)3)6-7-11-10/h4-8H,1H2,2-3H3/b7-6-,9-5+. The van der Waals surface area contributed by atoms with E-state index in [1.165, 1.54) is 5.41 Å². The smallest absolute Gasteiger partial charge is 0.0732 e. The van der Waals surface area contributed by atoms with E-state index in [-0.39, 0.29) is 12.1 Å². The fraction of sp³-hybridized carbons (Fsp3) is 0.333. The van der Waals surface area contributed by atoms with Crippen molar-refractivity contribution in [1.82, 2.24) is 0 Å². The summed E-state index contributed by atoms with van der Waals surface area (Å²) in [7, 11) is 0. The third-order valence-electron chi connectivity index (χ3n) is 1.29. The van der Waals surface area contributed by atoms with Crippen LogP contribution >= 0.6 is 12.1 Å². The Labute approximate surface area is 72.2 Å². The third-order valence-corrected chi connectivity index (χ3v) is 1.53. The van der Waals surface area contributed by atoms with Gasteiger partial charge in [-0.3, -0.25) is 0 Å². The summed E-state index contributed by atoms with van der Waals surface area (Å²) in [6.45, 7) is 7.70. The lowest BCUT2D eigenvalue weighted by molar-refractivity contribution is 0.792. The first-order chi connectivity index (χ1) is 5.22. The summed E-state index contributed by atoms with van der Waals surface area (Å²) >= 11 is 0.218. The maximum Gasteiger partial charge on any atom is 0.0732 e. The van der Waals surface area contributed by atoms with E-state index >= 15 is 0 Å². The Kier molecular flexibility index (Phi) is 5.94.